The molecule has 2 N–H and O–H groups in total. The molecule has 19 heavy (non-hydrogen) atoms. The SMILES string of the molecule is Cc1ccc(Br)cc1C(N)Cc1c(Cl)cccc1Cl. The van der Waals surface area contributed by atoms with Crippen molar-refractivity contribution in [2.45, 2.75) is 19.4 Å². The number of nitrogens with two attached hydrogens (primary N) is 1. The lowest BCUT2D eigenvalue weighted by atomic mass is 9.96. The Kier molecular flexibility index (Phi) is 4.91. The summed E-state index contributed by atoms with van der Waals surface area (Å²) in [5, 5.41) is 1.33. The lowest BCUT2D eigenvalue weighted by molar-refractivity contribution is 0.716. The molecule has 0 aromatic heterocycles. The first kappa shape index (κ1) is 14.9. The van der Waals surface area contributed by atoms with Crippen LogP contribution < -0.4 is 5.73 Å². The third kappa shape index (κ3) is 3.51. The van der Waals surface area contributed by atoms with Gasteiger partial charge in [0, 0.05) is 20.6 Å². The number of rotatable bonds is 3. The van der Waals surface area contributed by atoms with Gasteiger partial charge >= 0.3 is 0 Å². The number of benzene rings is 2. The molecule has 0 fully saturated rings. The highest BCUT2D eigenvalue weighted by Crippen LogP contribution is 2.30. The van der Waals surface area contributed by atoms with E-state index in [4.69, 9.17) is 28.9 Å². The first-order chi connectivity index (χ1) is 8.99. The van der Waals surface area contributed by atoms with Gasteiger partial charge in [0.15, 0.2) is 0 Å². The summed E-state index contributed by atoms with van der Waals surface area (Å²) >= 11 is 15.8. The third-order valence-electron chi connectivity index (χ3n) is 3.13. The van der Waals surface area contributed by atoms with Crippen molar-refractivity contribution < 1.29 is 0 Å². The average molecular weight is 359 g/mol. The Morgan fingerprint density at radius 2 is 1.79 bits per heavy atom. The van der Waals surface area contributed by atoms with Gasteiger partial charge in [0.25, 0.3) is 0 Å². The third-order valence-corrected chi connectivity index (χ3v) is 4.33. The van der Waals surface area contributed by atoms with Crippen LogP contribution in [0.1, 0.15) is 22.7 Å². The van der Waals surface area contributed by atoms with Crippen LogP contribution in [0.2, 0.25) is 10.0 Å². The zero-order valence-corrected chi connectivity index (χ0v) is 13.6. The maximum atomic E-state index is 6.30. The van der Waals surface area contributed by atoms with Crippen LogP contribution in [0.3, 0.4) is 0 Å². The van der Waals surface area contributed by atoms with E-state index in [1.807, 2.05) is 36.4 Å². The van der Waals surface area contributed by atoms with Gasteiger partial charge in [-0.2, -0.15) is 0 Å². The Hall–Kier alpha value is -0.540. The lowest BCUT2D eigenvalue weighted by Gasteiger charge is -2.17. The zero-order chi connectivity index (χ0) is 14.0. The van der Waals surface area contributed by atoms with Gasteiger partial charge in [0.2, 0.25) is 0 Å². The van der Waals surface area contributed by atoms with Crippen molar-refractivity contribution in [2.24, 2.45) is 5.73 Å². The molecule has 0 bridgehead atoms. The lowest BCUT2D eigenvalue weighted by Crippen LogP contribution is -2.15. The number of hydrogen-bond acceptors (Lipinski definition) is 1. The number of aryl methyl sites for hydroxylation is 1. The molecule has 0 aliphatic heterocycles. The molecule has 2 aromatic rings. The average Bonchev–Trinajstić information content (AvgIpc) is 2.37. The van der Waals surface area contributed by atoms with Crippen LogP contribution in [0.4, 0.5) is 0 Å². The normalized spacial score (nSPS) is 12.5. The van der Waals surface area contributed by atoms with Crippen LogP contribution in [0.5, 0.6) is 0 Å². The van der Waals surface area contributed by atoms with Crippen LogP contribution >= 0.6 is 39.1 Å². The fourth-order valence-corrected chi connectivity index (χ4v) is 3.00. The fourth-order valence-electron chi connectivity index (χ4n) is 2.07. The molecule has 0 heterocycles. The fraction of sp³-hybridized carbons (Fsp3) is 0.200. The summed E-state index contributed by atoms with van der Waals surface area (Å²) in [7, 11) is 0. The van der Waals surface area contributed by atoms with Crippen molar-refractivity contribution in [3.8, 4) is 0 Å². The van der Waals surface area contributed by atoms with Crippen LogP contribution in [-0.4, -0.2) is 0 Å². The Morgan fingerprint density at radius 3 is 2.42 bits per heavy atom. The minimum Gasteiger partial charge on any atom is -0.324 e. The monoisotopic (exact) mass is 357 g/mol. The predicted molar refractivity (Wildman–Crippen MR) is 86.0 cm³/mol. The Morgan fingerprint density at radius 1 is 1.16 bits per heavy atom. The van der Waals surface area contributed by atoms with Gasteiger partial charge in [-0.3, -0.25) is 0 Å². The van der Waals surface area contributed by atoms with E-state index in [-0.39, 0.29) is 6.04 Å². The van der Waals surface area contributed by atoms with Gasteiger partial charge in [-0.25, -0.2) is 0 Å². The molecule has 0 saturated carbocycles. The molecule has 0 amide bonds. The van der Waals surface area contributed by atoms with Crippen LogP contribution in [0.15, 0.2) is 40.9 Å². The summed E-state index contributed by atoms with van der Waals surface area (Å²) in [5.74, 6) is 0. The van der Waals surface area contributed by atoms with Gasteiger partial charge in [-0.05, 0) is 54.3 Å². The maximum Gasteiger partial charge on any atom is 0.0453 e. The molecule has 0 saturated heterocycles. The minimum atomic E-state index is -0.130. The topological polar surface area (TPSA) is 26.0 Å². The second-order valence-electron chi connectivity index (χ2n) is 4.51. The van der Waals surface area contributed by atoms with Crippen molar-refractivity contribution in [3.63, 3.8) is 0 Å². The largest absolute Gasteiger partial charge is 0.324 e. The smallest absolute Gasteiger partial charge is 0.0453 e. The Bertz CT molecular complexity index is 578. The van der Waals surface area contributed by atoms with Crippen molar-refractivity contribution in [1.82, 2.24) is 0 Å². The highest BCUT2D eigenvalue weighted by molar-refractivity contribution is 9.10. The molecule has 4 heteroatoms. The molecule has 0 aliphatic carbocycles. The van der Waals surface area contributed by atoms with Gasteiger partial charge in [-0.1, -0.05) is 51.3 Å². The van der Waals surface area contributed by atoms with Gasteiger partial charge in [-0.15, -0.1) is 0 Å². The van der Waals surface area contributed by atoms with Gasteiger partial charge in [0.05, 0.1) is 0 Å². The van der Waals surface area contributed by atoms with Crippen molar-refractivity contribution in [1.29, 1.82) is 0 Å². The molecule has 1 nitrogen and oxygen atoms in total. The van der Waals surface area contributed by atoms with E-state index in [0.29, 0.717) is 16.5 Å². The van der Waals surface area contributed by atoms with E-state index in [9.17, 15) is 0 Å². The number of halogens is 3. The summed E-state index contributed by atoms with van der Waals surface area (Å²) in [5.41, 5.74) is 9.46. The first-order valence-electron chi connectivity index (χ1n) is 5.93. The van der Waals surface area contributed by atoms with E-state index in [1.54, 1.807) is 0 Å². The summed E-state index contributed by atoms with van der Waals surface area (Å²) in [6, 6.07) is 11.5. The van der Waals surface area contributed by atoms with Gasteiger partial charge in [0.1, 0.15) is 0 Å². The van der Waals surface area contributed by atoms with E-state index in [2.05, 4.69) is 22.9 Å². The highest BCUT2D eigenvalue weighted by atomic mass is 79.9. The van der Waals surface area contributed by atoms with Crippen LogP contribution in [0, 0.1) is 6.92 Å². The molecule has 1 unspecified atom stereocenters. The van der Waals surface area contributed by atoms with E-state index >= 15 is 0 Å². The summed E-state index contributed by atoms with van der Waals surface area (Å²) < 4.78 is 1.02. The second kappa shape index (κ2) is 6.27. The van der Waals surface area contributed by atoms with E-state index < -0.39 is 0 Å². The zero-order valence-electron chi connectivity index (χ0n) is 10.5. The maximum absolute atomic E-state index is 6.30. The summed E-state index contributed by atoms with van der Waals surface area (Å²) in [6.07, 6.45) is 0.621. The van der Waals surface area contributed by atoms with Crippen LogP contribution in [-0.2, 0) is 6.42 Å². The molecule has 100 valence electrons. The molecule has 2 aromatic carbocycles. The Balaban J connectivity index is 2.31. The highest BCUT2D eigenvalue weighted by Gasteiger charge is 2.14. The minimum absolute atomic E-state index is 0.130. The summed E-state index contributed by atoms with van der Waals surface area (Å²) in [6.45, 7) is 2.05. The number of hydrogen-bond donors (Lipinski definition) is 1. The standard InChI is InChI=1S/C15H14BrCl2N/c1-9-5-6-10(16)7-11(9)15(19)8-12-13(17)3-2-4-14(12)18/h2-7,15H,8,19H2,1H3. The van der Waals surface area contributed by atoms with E-state index in [1.165, 1.54) is 5.56 Å². The quantitative estimate of drug-likeness (QED) is 0.790. The second-order valence-corrected chi connectivity index (χ2v) is 6.24. The van der Waals surface area contributed by atoms with Crippen molar-refractivity contribution >= 4 is 39.1 Å². The molecule has 0 radical (unpaired) electrons. The molecule has 2 rings (SSSR count). The molecular weight excluding hydrogens is 345 g/mol. The van der Waals surface area contributed by atoms with Crippen LogP contribution in [0.25, 0.3) is 0 Å². The van der Waals surface area contributed by atoms with Crippen molar-refractivity contribution in [3.05, 3.63) is 67.6 Å². The predicted octanol–water partition coefficient (Wildman–Crippen LogP) is 5.31. The molecular formula is C15H14BrCl2N. The Labute approximate surface area is 131 Å². The van der Waals surface area contributed by atoms with E-state index in [0.717, 1.165) is 15.6 Å². The first-order valence-corrected chi connectivity index (χ1v) is 7.48. The molecule has 0 spiro atoms. The molecule has 0 aliphatic rings. The van der Waals surface area contributed by atoms with Gasteiger partial charge < -0.3 is 5.73 Å². The summed E-state index contributed by atoms with van der Waals surface area (Å²) in [4.78, 5) is 0. The van der Waals surface area contributed by atoms with Crippen molar-refractivity contribution in [2.75, 3.05) is 0 Å². The molecule has 1 atom stereocenters.